The molecule has 0 aliphatic heterocycles. The predicted octanol–water partition coefficient (Wildman–Crippen LogP) is 3.13. The third-order valence-electron chi connectivity index (χ3n) is 2.51. The van der Waals surface area contributed by atoms with Gasteiger partial charge >= 0.3 is 8.60 Å². The highest BCUT2D eigenvalue weighted by Crippen LogP contribution is 2.36. The summed E-state index contributed by atoms with van der Waals surface area (Å²) in [6.07, 6.45) is -0.327. The molecule has 0 fully saturated rings. The van der Waals surface area contributed by atoms with Gasteiger partial charge in [0, 0.05) is 0 Å². The molecule has 0 saturated heterocycles. The monoisotopic (exact) mass is 236 g/mol. The van der Waals surface area contributed by atoms with Crippen molar-refractivity contribution in [3.8, 4) is 0 Å². The van der Waals surface area contributed by atoms with Gasteiger partial charge in [0.2, 0.25) is 0 Å². The van der Waals surface area contributed by atoms with Crippen LogP contribution in [-0.2, 0) is 4.52 Å². The maximum atomic E-state index is 8.85. The lowest BCUT2D eigenvalue weighted by Crippen LogP contribution is -1.96. The van der Waals surface area contributed by atoms with Crippen LogP contribution in [0.25, 0.3) is 10.8 Å². The molecule has 4 heteroatoms. The molecule has 2 aromatic carbocycles. The van der Waals surface area contributed by atoms with Gasteiger partial charge in [-0.15, -0.1) is 0 Å². The summed E-state index contributed by atoms with van der Waals surface area (Å²) in [6, 6.07) is 13.8. The van der Waals surface area contributed by atoms with Crippen LogP contribution in [0, 0.1) is 0 Å². The van der Waals surface area contributed by atoms with E-state index >= 15 is 0 Å². The highest BCUT2D eigenvalue weighted by molar-refractivity contribution is 7.39. The minimum atomic E-state index is -2.32. The van der Waals surface area contributed by atoms with Crippen LogP contribution in [0.5, 0.6) is 0 Å². The Labute approximate surface area is 95.3 Å². The SMILES string of the molecule is CC(OP(O)O)c1cccc2ccccc12. The quantitative estimate of drug-likeness (QED) is 0.805. The van der Waals surface area contributed by atoms with Crippen molar-refractivity contribution in [2.45, 2.75) is 13.0 Å². The number of hydrogen-bond acceptors (Lipinski definition) is 3. The van der Waals surface area contributed by atoms with Crippen LogP contribution < -0.4 is 0 Å². The van der Waals surface area contributed by atoms with E-state index in [0.717, 1.165) is 16.3 Å². The van der Waals surface area contributed by atoms with E-state index in [2.05, 4.69) is 0 Å². The van der Waals surface area contributed by atoms with Crippen molar-refractivity contribution in [3.63, 3.8) is 0 Å². The van der Waals surface area contributed by atoms with Crippen LogP contribution in [0.4, 0.5) is 0 Å². The highest BCUT2D eigenvalue weighted by Gasteiger charge is 2.13. The molecule has 0 aliphatic rings. The van der Waals surface area contributed by atoms with Crippen LogP contribution in [-0.4, -0.2) is 9.79 Å². The zero-order chi connectivity index (χ0) is 11.5. The van der Waals surface area contributed by atoms with Gasteiger partial charge < -0.3 is 14.3 Å². The van der Waals surface area contributed by atoms with Crippen molar-refractivity contribution in [2.75, 3.05) is 0 Å². The Kier molecular flexibility index (Phi) is 3.52. The van der Waals surface area contributed by atoms with Crippen LogP contribution >= 0.6 is 8.60 Å². The van der Waals surface area contributed by atoms with Crippen molar-refractivity contribution in [2.24, 2.45) is 0 Å². The Morgan fingerprint density at radius 3 is 2.50 bits per heavy atom. The maximum Gasteiger partial charge on any atom is 0.327 e. The molecule has 16 heavy (non-hydrogen) atoms. The molecule has 0 heterocycles. The topological polar surface area (TPSA) is 49.7 Å². The molecule has 0 bridgehead atoms. The molecule has 1 unspecified atom stereocenters. The molecule has 0 radical (unpaired) electrons. The first-order valence-electron chi connectivity index (χ1n) is 5.01. The van der Waals surface area contributed by atoms with Crippen LogP contribution in [0.2, 0.25) is 0 Å². The van der Waals surface area contributed by atoms with E-state index in [9.17, 15) is 0 Å². The Balaban J connectivity index is 2.44. The number of benzene rings is 2. The molecule has 2 N–H and O–H groups in total. The minimum Gasteiger partial charge on any atom is -0.328 e. The first-order chi connectivity index (χ1) is 7.68. The van der Waals surface area contributed by atoms with E-state index in [1.807, 2.05) is 49.4 Å². The van der Waals surface area contributed by atoms with Gasteiger partial charge in [-0.2, -0.15) is 0 Å². The summed E-state index contributed by atoms with van der Waals surface area (Å²) in [5.41, 5.74) is 0.966. The van der Waals surface area contributed by atoms with Crippen molar-refractivity contribution in [1.29, 1.82) is 0 Å². The van der Waals surface area contributed by atoms with Gasteiger partial charge in [0.25, 0.3) is 0 Å². The summed E-state index contributed by atoms with van der Waals surface area (Å²) >= 11 is 0. The van der Waals surface area contributed by atoms with Gasteiger partial charge in [-0.3, -0.25) is 0 Å². The van der Waals surface area contributed by atoms with E-state index in [1.165, 1.54) is 0 Å². The van der Waals surface area contributed by atoms with Gasteiger partial charge in [-0.1, -0.05) is 42.5 Å². The average molecular weight is 236 g/mol. The lowest BCUT2D eigenvalue weighted by atomic mass is 10.0. The molecule has 0 saturated carbocycles. The molecule has 2 aromatic rings. The molecular formula is C12H13O3P. The van der Waals surface area contributed by atoms with E-state index in [0.29, 0.717) is 0 Å². The van der Waals surface area contributed by atoms with Crippen molar-refractivity contribution >= 4 is 19.4 Å². The molecule has 2 rings (SSSR count). The van der Waals surface area contributed by atoms with Crippen molar-refractivity contribution in [3.05, 3.63) is 48.0 Å². The molecule has 84 valence electrons. The van der Waals surface area contributed by atoms with E-state index in [4.69, 9.17) is 14.3 Å². The van der Waals surface area contributed by atoms with Gasteiger partial charge in [-0.05, 0) is 23.3 Å². The minimum absolute atomic E-state index is 0.327. The van der Waals surface area contributed by atoms with E-state index in [1.54, 1.807) is 0 Å². The molecule has 0 amide bonds. The molecule has 1 atom stereocenters. The highest BCUT2D eigenvalue weighted by atomic mass is 31.2. The van der Waals surface area contributed by atoms with Gasteiger partial charge in [0.05, 0.1) is 6.10 Å². The van der Waals surface area contributed by atoms with Crippen LogP contribution in [0.15, 0.2) is 42.5 Å². The second kappa shape index (κ2) is 4.89. The smallest absolute Gasteiger partial charge is 0.327 e. The van der Waals surface area contributed by atoms with Crippen molar-refractivity contribution < 1.29 is 14.3 Å². The Hall–Kier alpha value is -0.990. The third kappa shape index (κ3) is 2.39. The summed E-state index contributed by atoms with van der Waals surface area (Å²) in [7, 11) is -2.32. The maximum absolute atomic E-state index is 8.85. The Bertz CT molecular complexity index is 479. The summed E-state index contributed by atoms with van der Waals surface area (Å²) in [5, 5.41) is 2.20. The lowest BCUT2D eigenvalue weighted by Gasteiger charge is -2.15. The standard InChI is InChI=1S/C12H13O3P/c1-9(15-16(13)14)11-8-4-6-10-5-2-3-7-12(10)11/h2-9,13-14H,1H3. The van der Waals surface area contributed by atoms with Crippen LogP contribution in [0.3, 0.4) is 0 Å². The molecule has 0 spiro atoms. The molecular weight excluding hydrogens is 223 g/mol. The second-order valence-corrected chi connectivity index (χ2v) is 4.29. The fourth-order valence-corrected chi connectivity index (χ4v) is 2.20. The van der Waals surface area contributed by atoms with Gasteiger partial charge in [-0.25, -0.2) is 0 Å². The summed E-state index contributed by atoms with van der Waals surface area (Å²) in [6.45, 7) is 1.81. The fraction of sp³-hybridized carbons (Fsp3) is 0.167. The molecule has 3 nitrogen and oxygen atoms in total. The Morgan fingerprint density at radius 1 is 1.06 bits per heavy atom. The van der Waals surface area contributed by atoms with Gasteiger partial charge in [0.15, 0.2) is 0 Å². The lowest BCUT2D eigenvalue weighted by molar-refractivity contribution is 0.190. The molecule has 0 aliphatic carbocycles. The zero-order valence-corrected chi connectivity index (χ0v) is 9.76. The van der Waals surface area contributed by atoms with E-state index in [-0.39, 0.29) is 6.10 Å². The van der Waals surface area contributed by atoms with Gasteiger partial charge in [0.1, 0.15) is 0 Å². The Morgan fingerprint density at radius 2 is 1.75 bits per heavy atom. The second-order valence-electron chi connectivity index (χ2n) is 3.57. The zero-order valence-electron chi connectivity index (χ0n) is 8.87. The predicted molar refractivity (Wildman–Crippen MR) is 64.8 cm³/mol. The molecule has 0 aromatic heterocycles. The normalized spacial score (nSPS) is 13.2. The number of hydrogen-bond donors (Lipinski definition) is 2. The van der Waals surface area contributed by atoms with E-state index < -0.39 is 8.60 Å². The summed E-state index contributed by atoms with van der Waals surface area (Å²) in [4.78, 5) is 17.7. The first-order valence-corrected chi connectivity index (χ1v) is 6.17. The van der Waals surface area contributed by atoms with Crippen LogP contribution in [0.1, 0.15) is 18.6 Å². The summed E-state index contributed by atoms with van der Waals surface area (Å²) < 4.78 is 5.02. The largest absolute Gasteiger partial charge is 0.328 e. The van der Waals surface area contributed by atoms with Crippen molar-refractivity contribution in [1.82, 2.24) is 0 Å². The third-order valence-corrected chi connectivity index (χ3v) is 3.02. The number of rotatable bonds is 3. The first kappa shape index (κ1) is 11.5. The average Bonchev–Trinajstić information content (AvgIpc) is 2.27. The summed E-state index contributed by atoms with van der Waals surface area (Å²) in [5.74, 6) is 0. The number of fused-ring (bicyclic) bond motifs is 1. The fourth-order valence-electron chi connectivity index (χ4n) is 1.80.